The molecule has 0 heterocycles. The molecule has 0 aliphatic rings. The first-order valence-corrected chi connectivity index (χ1v) is 9.22. The van der Waals surface area contributed by atoms with E-state index >= 15 is 0 Å². The minimum Gasteiger partial charge on any atom is -0.493 e. The predicted molar refractivity (Wildman–Crippen MR) is 102 cm³/mol. The second-order valence-electron chi connectivity index (χ2n) is 6.29. The Morgan fingerprint density at radius 3 is 2.42 bits per heavy atom. The summed E-state index contributed by atoms with van der Waals surface area (Å²) in [4.78, 5) is 24.7. The molecule has 1 aromatic carbocycles. The Morgan fingerprint density at radius 2 is 1.85 bits per heavy atom. The number of hydrogen-bond donors (Lipinski definition) is 1. The van der Waals surface area contributed by atoms with E-state index in [9.17, 15) is 9.59 Å². The van der Waals surface area contributed by atoms with E-state index in [2.05, 4.69) is 12.2 Å². The number of carbonyl (C=O) groups excluding carboxylic acids is 2. The van der Waals surface area contributed by atoms with Crippen LogP contribution in [0, 0.1) is 0 Å². The molecule has 1 amide bonds. The summed E-state index contributed by atoms with van der Waals surface area (Å²) in [5.74, 6) is -0.305. The van der Waals surface area contributed by atoms with Crippen LogP contribution in [0.1, 0.15) is 63.7 Å². The summed E-state index contributed by atoms with van der Waals surface area (Å²) in [7, 11) is 1.32. The average molecular weight is 365 g/mol. The van der Waals surface area contributed by atoms with Gasteiger partial charge in [-0.3, -0.25) is 4.79 Å². The molecule has 0 bridgehead atoms. The monoisotopic (exact) mass is 365 g/mol. The van der Waals surface area contributed by atoms with Crippen LogP contribution in [-0.2, 0) is 14.3 Å². The summed E-state index contributed by atoms with van der Waals surface area (Å²) in [6.07, 6.45) is 3.26. The Kier molecular flexibility index (Phi) is 9.13. The third-order valence-electron chi connectivity index (χ3n) is 4.18. The van der Waals surface area contributed by atoms with Gasteiger partial charge in [0.05, 0.1) is 13.7 Å². The van der Waals surface area contributed by atoms with Gasteiger partial charge >= 0.3 is 5.97 Å². The van der Waals surface area contributed by atoms with Crippen LogP contribution >= 0.6 is 0 Å². The third kappa shape index (κ3) is 6.02. The Balaban J connectivity index is 2.99. The minimum absolute atomic E-state index is 0.246. The fourth-order valence-corrected chi connectivity index (χ4v) is 2.25. The van der Waals surface area contributed by atoms with Crippen LogP contribution in [-0.4, -0.2) is 37.8 Å². The van der Waals surface area contributed by atoms with Gasteiger partial charge in [0, 0.05) is 12.3 Å². The van der Waals surface area contributed by atoms with Crippen molar-refractivity contribution in [2.75, 3.05) is 25.6 Å². The van der Waals surface area contributed by atoms with Crippen molar-refractivity contribution in [3.05, 3.63) is 23.8 Å². The number of benzene rings is 1. The van der Waals surface area contributed by atoms with Crippen molar-refractivity contribution in [2.24, 2.45) is 0 Å². The lowest BCUT2D eigenvalue weighted by atomic mass is 10.0. The van der Waals surface area contributed by atoms with E-state index in [1.165, 1.54) is 7.11 Å². The average Bonchev–Trinajstić information content (AvgIpc) is 2.66. The van der Waals surface area contributed by atoms with Crippen LogP contribution in [0.3, 0.4) is 0 Å². The molecule has 0 aromatic heterocycles. The van der Waals surface area contributed by atoms with Crippen LogP contribution in [0.2, 0.25) is 0 Å². The highest BCUT2D eigenvalue weighted by Gasteiger charge is 2.32. The van der Waals surface area contributed by atoms with E-state index in [0.29, 0.717) is 31.1 Å². The van der Waals surface area contributed by atoms with Crippen LogP contribution in [0.15, 0.2) is 18.2 Å². The standard InChI is InChI=1S/C20H31NO5/c1-6-9-13-25-17-11-10-15(14-16(17)18(22)24-5)21-19(23)20(4,8-3)26-12-7-2/h10-11,14H,6-9,12-13H2,1-5H3,(H,21,23)/t20-/m1/s1. The van der Waals surface area contributed by atoms with Gasteiger partial charge in [-0.25, -0.2) is 4.79 Å². The van der Waals surface area contributed by atoms with Crippen LogP contribution in [0.5, 0.6) is 5.75 Å². The van der Waals surface area contributed by atoms with Gasteiger partial charge in [0.15, 0.2) is 0 Å². The zero-order valence-electron chi connectivity index (χ0n) is 16.5. The number of anilines is 1. The van der Waals surface area contributed by atoms with E-state index in [-0.39, 0.29) is 11.5 Å². The smallest absolute Gasteiger partial charge is 0.341 e. The molecule has 0 spiro atoms. The number of rotatable bonds is 11. The van der Waals surface area contributed by atoms with E-state index in [4.69, 9.17) is 14.2 Å². The van der Waals surface area contributed by atoms with Crippen molar-refractivity contribution in [3.63, 3.8) is 0 Å². The first-order valence-electron chi connectivity index (χ1n) is 9.22. The molecule has 0 radical (unpaired) electrons. The molecule has 6 nitrogen and oxygen atoms in total. The van der Waals surface area contributed by atoms with Gasteiger partial charge in [0.25, 0.3) is 5.91 Å². The van der Waals surface area contributed by atoms with Crippen LogP contribution < -0.4 is 10.1 Å². The fraction of sp³-hybridized carbons (Fsp3) is 0.600. The number of amides is 1. The summed E-state index contributed by atoms with van der Waals surface area (Å²) in [6.45, 7) is 8.75. The molecule has 6 heteroatoms. The first kappa shape index (κ1) is 22.0. The maximum absolute atomic E-state index is 12.6. The quantitative estimate of drug-likeness (QED) is 0.470. The van der Waals surface area contributed by atoms with Crippen molar-refractivity contribution >= 4 is 17.6 Å². The number of carbonyl (C=O) groups is 2. The molecule has 146 valence electrons. The lowest BCUT2D eigenvalue weighted by Gasteiger charge is -2.27. The third-order valence-corrected chi connectivity index (χ3v) is 4.18. The normalized spacial score (nSPS) is 13.0. The van der Waals surface area contributed by atoms with Gasteiger partial charge < -0.3 is 19.5 Å². The van der Waals surface area contributed by atoms with Gasteiger partial charge in [0.2, 0.25) is 0 Å². The number of unbranched alkanes of at least 4 members (excludes halogenated alkanes) is 1. The molecular formula is C20H31NO5. The molecule has 1 rings (SSSR count). The lowest BCUT2D eigenvalue weighted by Crippen LogP contribution is -2.42. The maximum atomic E-state index is 12.6. The van der Waals surface area contributed by atoms with Crippen molar-refractivity contribution in [3.8, 4) is 5.75 Å². The zero-order valence-corrected chi connectivity index (χ0v) is 16.5. The topological polar surface area (TPSA) is 73.9 Å². The Hall–Kier alpha value is -2.08. The molecule has 0 saturated heterocycles. The molecule has 1 N–H and O–H groups in total. The number of esters is 1. The van der Waals surface area contributed by atoms with Gasteiger partial charge in [-0.15, -0.1) is 0 Å². The molecule has 26 heavy (non-hydrogen) atoms. The second kappa shape index (κ2) is 10.8. The largest absolute Gasteiger partial charge is 0.493 e. The Morgan fingerprint density at radius 1 is 1.12 bits per heavy atom. The predicted octanol–water partition coefficient (Wildman–Crippen LogP) is 4.19. The summed E-state index contributed by atoms with van der Waals surface area (Å²) < 4.78 is 16.2. The minimum atomic E-state index is -0.919. The maximum Gasteiger partial charge on any atom is 0.341 e. The molecule has 0 unspecified atom stereocenters. The number of nitrogens with one attached hydrogen (secondary N) is 1. The van der Waals surface area contributed by atoms with Gasteiger partial charge in [-0.1, -0.05) is 27.2 Å². The highest BCUT2D eigenvalue weighted by molar-refractivity contribution is 5.99. The van der Waals surface area contributed by atoms with Gasteiger partial charge in [0.1, 0.15) is 16.9 Å². The SMILES string of the molecule is CCCCOc1ccc(NC(=O)[C@@](C)(CC)OCCC)cc1C(=O)OC. The molecule has 0 aliphatic heterocycles. The summed E-state index contributed by atoms with van der Waals surface area (Å²) in [5, 5.41) is 2.83. The second-order valence-corrected chi connectivity index (χ2v) is 6.29. The summed E-state index contributed by atoms with van der Waals surface area (Å²) in [5.41, 5.74) is -0.135. The molecule has 0 fully saturated rings. The van der Waals surface area contributed by atoms with Crippen molar-refractivity contribution < 1.29 is 23.8 Å². The number of methoxy groups -OCH3 is 1. The Bertz CT molecular complexity index is 602. The molecule has 0 saturated carbocycles. The molecular weight excluding hydrogens is 334 g/mol. The molecule has 1 aromatic rings. The summed E-state index contributed by atoms with van der Waals surface area (Å²) >= 11 is 0. The zero-order chi connectivity index (χ0) is 19.6. The van der Waals surface area contributed by atoms with Gasteiger partial charge in [-0.05, 0) is 44.4 Å². The van der Waals surface area contributed by atoms with Crippen molar-refractivity contribution in [1.29, 1.82) is 0 Å². The van der Waals surface area contributed by atoms with Crippen molar-refractivity contribution in [1.82, 2.24) is 0 Å². The number of ether oxygens (including phenoxy) is 3. The highest BCUT2D eigenvalue weighted by atomic mass is 16.5. The summed E-state index contributed by atoms with van der Waals surface area (Å²) in [6, 6.07) is 4.95. The van der Waals surface area contributed by atoms with E-state index in [0.717, 1.165) is 19.3 Å². The van der Waals surface area contributed by atoms with E-state index < -0.39 is 11.6 Å². The Labute approximate surface area is 156 Å². The van der Waals surface area contributed by atoms with Crippen LogP contribution in [0.25, 0.3) is 0 Å². The van der Waals surface area contributed by atoms with E-state index in [1.807, 2.05) is 13.8 Å². The van der Waals surface area contributed by atoms with Crippen molar-refractivity contribution in [2.45, 2.75) is 59.0 Å². The lowest BCUT2D eigenvalue weighted by molar-refractivity contribution is -0.139. The van der Waals surface area contributed by atoms with E-state index in [1.54, 1.807) is 25.1 Å². The van der Waals surface area contributed by atoms with Gasteiger partial charge in [-0.2, -0.15) is 0 Å². The molecule has 1 atom stereocenters. The highest BCUT2D eigenvalue weighted by Crippen LogP contribution is 2.26. The fourth-order valence-electron chi connectivity index (χ4n) is 2.25. The number of hydrogen-bond acceptors (Lipinski definition) is 5. The first-order chi connectivity index (χ1) is 12.4. The molecule has 0 aliphatic carbocycles. The van der Waals surface area contributed by atoms with Crippen LogP contribution in [0.4, 0.5) is 5.69 Å².